The molecule has 91 heavy (non-hydrogen) atoms. The van der Waals surface area contributed by atoms with Crippen LogP contribution >= 0.6 is 15.6 Å². The largest absolute Gasteiger partial charge is 0.472 e. The molecule has 3 N–H and O–H groups in total. The number of unbranched alkanes of at least 4 members (excludes halogenated alkanes) is 34. The van der Waals surface area contributed by atoms with Gasteiger partial charge in [0.25, 0.3) is 0 Å². The fraction of sp³-hybridized carbons (Fsp3) is 0.944. The summed E-state index contributed by atoms with van der Waals surface area (Å²) < 4.78 is 68.3. The predicted molar refractivity (Wildman–Crippen MR) is 367 cm³/mol. The lowest BCUT2D eigenvalue weighted by Gasteiger charge is -2.21. The van der Waals surface area contributed by atoms with E-state index in [1.54, 1.807) is 0 Å². The van der Waals surface area contributed by atoms with Crippen molar-refractivity contribution >= 4 is 39.5 Å². The molecule has 0 aliphatic heterocycles. The Hall–Kier alpha value is -1.94. The summed E-state index contributed by atoms with van der Waals surface area (Å²) in [7, 11) is -9.91. The summed E-state index contributed by atoms with van der Waals surface area (Å²) in [4.78, 5) is 72.6. The molecular weight excluding hydrogens is 1200 g/mol. The Morgan fingerprint density at radius 2 is 0.527 bits per heavy atom. The van der Waals surface area contributed by atoms with Crippen molar-refractivity contribution < 1.29 is 80.2 Å². The molecule has 6 atom stereocenters. The maximum Gasteiger partial charge on any atom is 0.472 e. The van der Waals surface area contributed by atoms with E-state index in [1.807, 2.05) is 0 Å². The molecule has 17 nitrogen and oxygen atoms in total. The number of hydrogen-bond donors (Lipinski definition) is 3. The van der Waals surface area contributed by atoms with Gasteiger partial charge in [-0.3, -0.25) is 37.3 Å². The minimum absolute atomic E-state index is 0.105. The van der Waals surface area contributed by atoms with Gasteiger partial charge >= 0.3 is 39.5 Å². The highest BCUT2D eigenvalue weighted by molar-refractivity contribution is 7.47. The van der Waals surface area contributed by atoms with Crippen LogP contribution in [0.25, 0.3) is 0 Å². The van der Waals surface area contributed by atoms with Crippen molar-refractivity contribution in [3.63, 3.8) is 0 Å². The summed E-state index contributed by atoms with van der Waals surface area (Å²) in [5.41, 5.74) is 0. The molecule has 0 spiro atoms. The molecule has 0 saturated heterocycles. The average molecular weight is 1340 g/mol. The van der Waals surface area contributed by atoms with E-state index in [-0.39, 0.29) is 25.7 Å². The first kappa shape index (κ1) is 89.1. The lowest BCUT2D eigenvalue weighted by Crippen LogP contribution is -2.30. The lowest BCUT2D eigenvalue weighted by atomic mass is 10.00. The number of aliphatic hydroxyl groups is 1. The van der Waals surface area contributed by atoms with Gasteiger partial charge in [0, 0.05) is 25.7 Å². The van der Waals surface area contributed by atoms with Crippen LogP contribution in [0.2, 0.25) is 0 Å². The van der Waals surface area contributed by atoms with Crippen LogP contribution in [0.15, 0.2) is 0 Å². The van der Waals surface area contributed by atoms with Crippen LogP contribution in [-0.4, -0.2) is 96.7 Å². The smallest absolute Gasteiger partial charge is 0.462 e. The zero-order valence-corrected chi connectivity index (χ0v) is 61.3. The van der Waals surface area contributed by atoms with Gasteiger partial charge in [0.15, 0.2) is 12.2 Å². The van der Waals surface area contributed by atoms with Crippen molar-refractivity contribution in [2.45, 2.75) is 375 Å². The van der Waals surface area contributed by atoms with E-state index in [4.69, 9.17) is 37.0 Å². The molecule has 0 amide bonds. The summed E-state index contributed by atoms with van der Waals surface area (Å²) in [6.45, 7) is 14.1. The molecule has 0 aromatic heterocycles. The fourth-order valence-electron chi connectivity index (χ4n) is 10.8. The highest BCUT2D eigenvalue weighted by atomic mass is 31.2. The molecule has 0 aliphatic carbocycles. The first-order chi connectivity index (χ1) is 43.6. The van der Waals surface area contributed by atoms with Gasteiger partial charge in [-0.1, -0.05) is 306 Å². The van der Waals surface area contributed by atoms with Gasteiger partial charge in [0.1, 0.15) is 19.3 Å². The molecule has 0 heterocycles. The number of carbonyl (C=O) groups excluding carboxylic acids is 4. The van der Waals surface area contributed by atoms with E-state index in [0.29, 0.717) is 31.6 Å². The molecule has 0 fully saturated rings. The van der Waals surface area contributed by atoms with Gasteiger partial charge in [0.2, 0.25) is 0 Å². The molecule has 0 aromatic carbocycles. The van der Waals surface area contributed by atoms with Gasteiger partial charge < -0.3 is 33.8 Å². The van der Waals surface area contributed by atoms with E-state index >= 15 is 0 Å². The van der Waals surface area contributed by atoms with E-state index in [9.17, 15) is 43.2 Å². The zero-order valence-electron chi connectivity index (χ0n) is 59.5. The van der Waals surface area contributed by atoms with E-state index < -0.39 is 97.5 Å². The van der Waals surface area contributed by atoms with Crippen molar-refractivity contribution in [3.05, 3.63) is 0 Å². The normalized spacial score (nSPS) is 14.5. The Morgan fingerprint density at radius 1 is 0.308 bits per heavy atom. The van der Waals surface area contributed by atoms with Crippen LogP contribution in [0.5, 0.6) is 0 Å². The molecule has 0 rings (SSSR count). The van der Waals surface area contributed by atoms with Crippen molar-refractivity contribution in [1.82, 2.24) is 0 Å². The monoisotopic (exact) mass is 1340 g/mol. The SMILES string of the molecule is CCC(C)CCCCCCCCC(=O)OC[C@H](COP(=O)(O)OC[C@H](O)COP(=O)(O)OC[C@@H](COC(=O)CCCCCCCCC(C)C)OC(=O)CCCCCCCCCCCCCCC(C)C)OC(=O)CCCCCCCCCCCCCCCCC(C)C. The van der Waals surface area contributed by atoms with Crippen LogP contribution in [0.1, 0.15) is 357 Å². The van der Waals surface area contributed by atoms with Gasteiger partial charge in [-0.05, 0) is 49.4 Å². The topological polar surface area (TPSA) is 237 Å². The van der Waals surface area contributed by atoms with E-state index in [2.05, 4.69) is 55.4 Å². The number of hydrogen-bond acceptors (Lipinski definition) is 15. The second-order valence-corrected chi connectivity index (χ2v) is 30.6. The zero-order chi connectivity index (χ0) is 67.5. The second kappa shape index (κ2) is 61.6. The number of phosphoric acid groups is 2. The quantitative estimate of drug-likeness (QED) is 0.0222. The lowest BCUT2D eigenvalue weighted by molar-refractivity contribution is -0.161. The van der Waals surface area contributed by atoms with Gasteiger partial charge in [-0.25, -0.2) is 9.13 Å². The van der Waals surface area contributed by atoms with Crippen molar-refractivity contribution in [2.75, 3.05) is 39.6 Å². The standard InChI is InChI=1S/C72H140O17P2/c1-9-65(8)51-43-35-29-31-37-45-53-70(75)83-59-68(89-71(76)54-46-38-26-22-18-13-11-10-12-16-20-24-32-40-48-62(2)3)61-87-91(80,81)85-57-66(73)56-84-90(78,79)86-60-67(58-82-69(74)52-44-36-30-28-34-42-50-64(6)7)88-72(77)55-47-39-27-23-19-15-14-17-21-25-33-41-49-63(4)5/h62-68,73H,9-61H2,1-8H3,(H,78,79)(H,80,81)/t65?,66-,67-,68-/m1/s1. The highest BCUT2D eigenvalue weighted by Gasteiger charge is 2.30. The summed E-state index contributed by atoms with van der Waals surface area (Å²) in [6.07, 6.45) is 44.6. The number of carbonyl (C=O) groups is 4. The third kappa shape index (κ3) is 65.1. The highest BCUT2D eigenvalue weighted by Crippen LogP contribution is 2.45. The maximum absolute atomic E-state index is 13.0. The summed E-state index contributed by atoms with van der Waals surface area (Å²) in [6, 6.07) is 0. The minimum atomic E-state index is -4.95. The third-order valence-electron chi connectivity index (χ3n) is 16.9. The number of phosphoric ester groups is 2. The average Bonchev–Trinajstić information content (AvgIpc) is 2.86. The van der Waals surface area contributed by atoms with Crippen LogP contribution < -0.4 is 0 Å². The Morgan fingerprint density at radius 3 is 0.780 bits per heavy atom. The number of ether oxygens (including phenoxy) is 4. The number of esters is 4. The second-order valence-electron chi connectivity index (χ2n) is 27.6. The van der Waals surface area contributed by atoms with Crippen LogP contribution in [0.3, 0.4) is 0 Å². The van der Waals surface area contributed by atoms with Gasteiger partial charge in [-0.2, -0.15) is 0 Å². The number of aliphatic hydroxyl groups excluding tert-OH is 1. The molecule has 0 aliphatic rings. The van der Waals surface area contributed by atoms with Crippen LogP contribution in [0, 0.1) is 23.7 Å². The van der Waals surface area contributed by atoms with Gasteiger partial charge in [0.05, 0.1) is 26.4 Å². The summed E-state index contributed by atoms with van der Waals surface area (Å²) >= 11 is 0. The maximum atomic E-state index is 13.0. The third-order valence-corrected chi connectivity index (χ3v) is 18.8. The minimum Gasteiger partial charge on any atom is -0.462 e. The molecule has 540 valence electrons. The van der Waals surface area contributed by atoms with E-state index in [1.165, 1.54) is 148 Å². The van der Waals surface area contributed by atoms with E-state index in [0.717, 1.165) is 120 Å². The van der Waals surface area contributed by atoms with Gasteiger partial charge in [-0.15, -0.1) is 0 Å². The summed E-state index contributed by atoms with van der Waals surface area (Å²) in [5, 5.41) is 10.6. The summed E-state index contributed by atoms with van der Waals surface area (Å²) in [5.74, 6) is 0.853. The first-order valence-electron chi connectivity index (χ1n) is 37.2. The molecule has 0 aromatic rings. The molecule has 0 bridgehead atoms. The molecule has 3 unspecified atom stereocenters. The van der Waals surface area contributed by atoms with Crippen LogP contribution in [0.4, 0.5) is 0 Å². The first-order valence-corrected chi connectivity index (χ1v) is 40.2. The molecule has 0 radical (unpaired) electrons. The molecule has 19 heteroatoms. The Balaban J connectivity index is 5.22. The predicted octanol–water partition coefficient (Wildman–Crippen LogP) is 20.5. The molecular formula is C72H140O17P2. The fourth-order valence-corrected chi connectivity index (χ4v) is 12.4. The van der Waals surface area contributed by atoms with Crippen molar-refractivity contribution in [3.8, 4) is 0 Å². The van der Waals surface area contributed by atoms with Crippen molar-refractivity contribution in [1.29, 1.82) is 0 Å². The molecule has 0 saturated carbocycles. The number of rotatable bonds is 69. The van der Waals surface area contributed by atoms with Crippen molar-refractivity contribution in [2.24, 2.45) is 23.7 Å². The Kier molecular flexibility index (Phi) is 60.3. The Bertz CT molecular complexity index is 1800. The van der Waals surface area contributed by atoms with Crippen LogP contribution in [-0.2, 0) is 65.4 Å². The Labute approximate surface area is 556 Å².